The van der Waals surface area contributed by atoms with E-state index in [4.69, 9.17) is 4.21 Å². The van der Waals surface area contributed by atoms with E-state index in [1.165, 1.54) is 0 Å². The van der Waals surface area contributed by atoms with Crippen molar-refractivity contribution in [1.29, 1.82) is 0 Å². The Bertz CT molecular complexity index is 9.61. The van der Waals surface area contributed by atoms with Crippen LogP contribution in [0, 0.1) is 0 Å². The summed E-state index contributed by atoms with van der Waals surface area (Å²) >= 11 is 2.83. The quantitative estimate of drug-likeness (QED) is 0.402. The zero-order valence-electron chi connectivity index (χ0n) is 2.82. The van der Waals surface area contributed by atoms with E-state index >= 15 is 0 Å². The van der Waals surface area contributed by atoms with Gasteiger partial charge in [0.2, 0.25) is 0 Å². The van der Waals surface area contributed by atoms with Crippen molar-refractivity contribution in [1.82, 2.24) is 0 Å². The minimum atomic E-state index is 0. The second-order valence-electron chi connectivity index (χ2n) is 0. The molecule has 0 N–H and O–H groups in total. The van der Waals surface area contributed by atoms with Crippen LogP contribution in [-0.4, -0.2) is 33.8 Å². The molecule has 0 spiro atoms. The van der Waals surface area contributed by atoms with Crippen molar-refractivity contribution in [3.63, 3.8) is 0 Å². The van der Waals surface area contributed by atoms with Crippen molar-refractivity contribution in [2.75, 3.05) is 0 Å². The molecule has 0 bridgehead atoms. The maximum absolute atomic E-state index is 7.83. The van der Waals surface area contributed by atoms with Crippen molar-refractivity contribution in [3.8, 4) is 0 Å². The molecule has 0 aromatic carbocycles. The predicted molar refractivity (Wildman–Crippen MR) is 26.6 cm³/mol. The van der Waals surface area contributed by atoms with Gasteiger partial charge in [-0.2, -0.15) is 4.21 Å². The van der Waals surface area contributed by atoms with Gasteiger partial charge in [-0.05, 0) is 0 Å². The Morgan fingerprint density at radius 2 is 1.20 bits per heavy atom. The molecule has 0 unspecified atom stereocenters. The first-order chi connectivity index (χ1) is 2.00. The fourth-order valence-electron chi connectivity index (χ4n) is 0. The van der Waals surface area contributed by atoms with E-state index in [0.29, 0.717) is 0 Å². The van der Waals surface area contributed by atoms with Crippen LogP contribution in [0.15, 0.2) is 0 Å². The molecule has 0 saturated heterocycles. The van der Waals surface area contributed by atoms with Crippen molar-refractivity contribution in [2.45, 2.75) is 13.8 Å². The van der Waals surface area contributed by atoms with Crippen molar-refractivity contribution in [3.05, 3.63) is 0 Å². The van der Waals surface area contributed by atoms with Gasteiger partial charge in [0, 0.05) is 0 Å². The molecular formula is C2H7NaOS. The molecule has 0 heterocycles. The molecule has 0 aromatic rings. The second kappa shape index (κ2) is 78.0. The third-order valence-electron chi connectivity index (χ3n) is 0. The van der Waals surface area contributed by atoms with E-state index in [1.807, 2.05) is 13.8 Å². The summed E-state index contributed by atoms with van der Waals surface area (Å²) in [7, 11) is 0. The van der Waals surface area contributed by atoms with E-state index in [-0.39, 0.29) is 29.6 Å². The summed E-state index contributed by atoms with van der Waals surface area (Å²) in [5, 5.41) is 0. The topological polar surface area (TPSA) is 17.1 Å². The molecule has 0 saturated carbocycles. The fourth-order valence-corrected chi connectivity index (χ4v) is 0. The maximum atomic E-state index is 7.83. The van der Waals surface area contributed by atoms with Crippen LogP contribution < -0.4 is 0 Å². The van der Waals surface area contributed by atoms with Crippen LogP contribution in [-0.2, 0) is 12.5 Å². The Balaban J connectivity index is -0.0000000133. The first kappa shape index (κ1) is 16.6. The van der Waals surface area contributed by atoms with Crippen molar-refractivity contribution >= 4 is 42.1 Å². The molecular weight excluding hydrogens is 95.1 g/mol. The summed E-state index contributed by atoms with van der Waals surface area (Å²) < 4.78 is 7.83. The first-order valence-corrected chi connectivity index (χ1v) is 1.50. The summed E-state index contributed by atoms with van der Waals surface area (Å²) in [6.45, 7) is 4.00. The van der Waals surface area contributed by atoms with Crippen LogP contribution in [0.4, 0.5) is 0 Å². The minimum absolute atomic E-state index is 0. The van der Waals surface area contributed by atoms with Crippen LogP contribution in [0.3, 0.4) is 0 Å². The molecule has 0 atom stereocenters. The van der Waals surface area contributed by atoms with Gasteiger partial charge in [-0.3, -0.25) is 0 Å². The molecule has 0 aliphatic heterocycles. The van der Waals surface area contributed by atoms with Crippen LogP contribution in [0.25, 0.3) is 0 Å². The van der Waals surface area contributed by atoms with Gasteiger partial charge in [-0.25, -0.2) is 0 Å². The second-order valence-corrected chi connectivity index (χ2v) is 0. The van der Waals surface area contributed by atoms with E-state index in [9.17, 15) is 0 Å². The standard InChI is InChI=1S/C2H6.Na.OS.H/c1-2;;1-2;/h1-2H3;;;. The van der Waals surface area contributed by atoms with Gasteiger partial charge in [0.05, 0.1) is 0 Å². The molecule has 0 rings (SSSR count). The van der Waals surface area contributed by atoms with Crippen LogP contribution in [0.1, 0.15) is 13.8 Å². The Hall–Kier alpha value is 1.02. The summed E-state index contributed by atoms with van der Waals surface area (Å²) in [5.41, 5.74) is 0. The van der Waals surface area contributed by atoms with E-state index in [1.54, 1.807) is 0 Å². The van der Waals surface area contributed by atoms with Gasteiger partial charge in [0.1, 0.15) is 0 Å². The average Bonchev–Trinajstić information content (AvgIpc) is 1.50. The normalized spacial score (nSPS) is 2.00. The van der Waals surface area contributed by atoms with Gasteiger partial charge in [-0.15, -0.1) is 0 Å². The zero-order chi connectivity index (χ0) is 4.00. The molecule has 0 fully saturated rings. The first-order valence-electron chi connectivity index (χ1n) is 1.17. The van der Waals surface area contributed by atoms with Crippen LogP contribution in [0.5, 0.6) is 0 Å². The monoisotopic (exact) mass is 102 g/mol. The van der Waals surface area contributed by atoms with E-state index in [0.717, 1.165) is 0 Å². The molecule has 5 heavy (non-hydrogen) atoms. The molecule has 0 radical (unpaired) electrons. The summed E-state index contributed by atoms with van der Waals surface area (Å²) in [5.74, 6) is 0. The Morgan fingerprint density at radius 1 is 1.20 bits per heavy atom. The molecule has 3 heteroatoms. The van der Waals surface area contributed by atoms with E-state index in [2.05, 4.69) is 12.5 Å². The van der Waals surface area contributed by atoms with Crippen LogP contribution in [0.2, 0.25) is 0 Å². The Labute approximate surface area is 60.0 Å². The molecule has 0 amide bonds. The fraction of sp³-hybridized carbons (Fsp3) is 1.00. The molecule has 28 valence electrons. The molecule has 0 aliphatic rings. The third-order valence-corrected chi connectivity index (χ3v) is 0. The number of hydrogen-bond acceptors (Lipinski definition) is 2. The van der Waals surface area contributed by atoms with Crippen molar-refractivity contribution in [2.24, 2.45) is 0 Å². The summed E-state index contributed by atoms with van der Waals surface area (Å²) in [6, 6.07) is 0. The molecule has 1 nitrogen and oxygen atoms in total. The number of hydrogen-bond donors (Lipinski definition) is 0. The van der Waals surface area contributed by atoms with Crippen LogP contribution >= 0.6 is 0 Å². The Kier molecular flexibility index (Phi) is 259. The van der Waals surface area contributed by atoms with Gasteiger partial charge in [-0.1, -0.05) is 13.8 Å². The summed E-state index contributed by atoms with van der Waals surface area (Å²) in [4.78, 5) is 0. The Morgan fingerprint density at radius 3 is 1.20 bits per heavy atom. The zero-order valence-corrected chi connectivity index (χ0v) is 3.63. The number of rotatable bonds is 0. The van der Waals surface area contributed by atoms with E-state index < -0.39 is 0 Å². The average molecular weight is 102 g/mol. The summed E-state index contributed by atoms with van der Waals surface area (Å²) in [6.07, 6.45) is 0. The van der Waals surface area contributed by atoms with Gasteiger partial charge >= 0.3 is 29.6 Å². The third kappa shape index (κ3) is 44.0. The molecule has 0 aliphatic carbocycles. The van der Waals surface area contributed by atoms with Gasteiger partial charge < -0.3 is 0 Å². The van der Waals surface area contributed by atoms with Gasteiger partial charge in [0.15, 0.2) is 12.5 Å². The SMILES string of the molecule is CC.O=S.[NaH]. The van der Waals surface area contributed by atoms with Crippen molar-refractivity contribution < 1.29 is 4.21 Å². The molecule has 0 aromatic heterocycles. The predicted octanol–water partition coefficient (Wildman–Crippen LogP) is 0.0414. The van der Waals surface area contributed by atoms with Gasteiger partial charge in [0.25, 0.3) is 0 Å².